The predicted octanol–water partition coefficient (Wildman–Crippen LogP) is 0.706. The SMILES string of the molecule is COC(=O)CN(C)Cc1csc(NC(C)=O)n1. The second-order valence-corrected chi connectivity index (χ2v) is 4.43. The number of methoxy groups -OCH3 is 1. The molecule has 0 spiro atoms. The maximum atomic E-state index is 11.0. The molecule has 0 bridgehead atoms. The number of amides is 1. The minimum Gasteiger partial charge on any atom is -0.468 e. The maximum absolute atomic E-state index is 11.0. The molecule has 17 heavy (non-hydrogen) atoms. The number of carbonyl (C=O) groups is 2. The van der Waals surface area contributed by atoms with E-state index < -0.39 is 0 Å². The van der Waals surface area contributed by atoms with Crippen molar-refractivity contribution in [2.75, 3.05) is 26.0 Å². The molecule has 1 heterocycles. The van der Waals surface area contributed by atoms with Gasteiger partial charge in [-0.15, -0.1) is 11.3 Å². The molecule has 0 aromatic carbocycles. The molecule has 0 saturated heterocycles. The summed E-state index contributed by atoms with van der Waals surface area (Å²) in [4.78, 5) is 27.8. The summed E-state index contributed by atoms with van der Waals surface area (Å²) >= 11 is 1.36. The quantitative estimate of drug-likeness (QED) is 0.786. The van der Waals surface area contributed by atoms with Gasteiger partial charge < -0.3 is 10.1 Å². The van der Waals surface area contributed by atoms with E-state index >= 15 is 0 Å². The van der Waals surface area contributed by atoms with Crippen LogP contribution >= 0.6 is 11.3 Å². The van der Waals surface area contributed by atoms with E-state index in [-0.39, 0.29) is 18.4 Å². The van der Waals surface area contributed by atoms with Crippen LogP contribution in [-0.2, 0) is 20.9 Å². The number of hydrogen-bond donors (Lipinski definition) is 1. The minimum atomic E-state index is -0.287. The normalized spacial score (nSPS) is 10.4. The molecule has 0 fully saturated rings. The number of thiazole rings is 1. The Morgan fingerprint density at radius 3 is 2.88 bits per heavy atom. The van der Waals surface area contributed by atoms with Gasteiger partial charge in [-0.05, 0) is 7.05 Å². The summed E-state index contributed by atoms with van der Waals surface area (Å²) in [7, 11) is 3.16. The van der Waals surface area contributed by atoms with Gasteiger partial charge in [0.05, 0.1) is 19.3 Å². The third-order valence-electron chi connectivity index (χ3n) is 1.89. The molecule has 94 valence electrons. The van der Waals surface area contributed by atoms with Crippen LogP contribution < -0.4 is 5.32 Å². The van der Waals surface area contributed by atoms with E-state index in [2.05, 4.69) is 15.0 Å². The highest BCUT2D eigenvalue weighted by Gasteiger charge is 2.09. The van der Waals surface area contributed by atoms with Crippen molar-refractivity contribution in [1.29, 1.82) is 0 Å². The van der Waals surface area contributed by atoms with E-state index in [0.29, 0.717) is 11.7 Å². The van der Waals surface area contributed by atoms with Crippen molar-refractivity contribution >= 4 is 28.3 Å². The molecule has 1 rings (SSSR count). The van der Waals surface area contributed by atoms with E-state index in [1.807, 2.05) is 5.38 Å². The zero-order valence-electron chi connectivity index (χ0n) is 10.0. The number of hydrogen-bond acceptors (Lipinski definition) is 6. The highest BCUT2D eigenvalue weighted by Crippen LogP contribution is 2.16. The Morgan fingerprint density at radius 1 is 1.59 bits per heavy atom. The van der Waals surface area contributed by atoms with Crippen LogP contribution in [0.1, 0.15) is 12.6 Å². The van der Waals surface area contributed by atoms with Crippen LogP contribution in [0.25, 0.3) is 0 Å². The first-order valence-corrected chi connectivity index (χ1v) is 5.86. The fourth-order valence-electron chi connectivity index (χ4n) is 1.20. The number of carbonyl (C=O) groups excluding carboxylic acids is 2. The number of nitrogens with one attached hydrogen (secondary N) is 1. The Morgan fingerprint density at radius 2 is 2.29 bits per heavy atom. The lowest BCUT2D eigenvalue weighted by molar-refractivity contribution is -0.141. The Balaban J connectivity index is 2.48. The number of aromatic nitrogens is 1. The smallest absolute Gasteiger partial charge is 0.319 e. The Labute approximate surface area is 104 Å². The minimum absolute atomic E-state index is 0.145. The summed E-state index contributed by atoms with van der Waals surface area (Å²) in [6.45, 7) is 2.18. The molecule has 0 aliphatic heterocycles. The van der Waals surface area contributed by atoms with Crippen molar-refractivity contribution < 1.29 is 14.3 Å². The predicted molar refractivity (Wildman–Crippen MR) is 64.8 cm³/mol. The number of esters is 1. The molecule has 1 aromatic heterocycles. The Hall–Kier alpha value is -1.47. The van der Waals surface area contributed by atoms with Crippen LogP contribution in [0.15, 0.2) is 5.38 Å². The lowest BCUT2D eigenvalue weighted by atomic mass is 10.4. The molecule has 0 unspecified atom stereocenters. The molecule has 0 atom stereocenters. The summed E-state index contributed by atoms with van der Waals surface area (Å²) in [5, 5.41) is 5.02. The molecule has 1 aromatic rings. The van der Waals surface area contributed by atoms with Gasteiger partial charge in [-0.2, -0.15) is 0 Å². The highest BCUT2D eigenvalue weighted by molar-refractivity contribution is 7.13. The number of anilines is 1. The average Bonchev–Trinajstić information content (AvgIpc) is 2.63. The molecule has 0 radical (unpaired) electrons. The summed E-state index contributed by atoms with van der Waals surface area (Å²) < 4.78 is 4.56. The Bertz CT molecular complexity index is 405. The van der Waals surface area contributed by atoms with Crippen LogP contribution in [0.5, 0.6) is 0 Å². The third kappa shape index (κ3) is 4.92. The first kappa shape index (κ1) is 13.6. The van der Waals surface area contributed by atoms with Crippen molar-refractivity contribution in [2.45, 2.75) is 13.5 Å². The number of ether oxygens (including phenoxy) is 1. The standard InChI is InChI=1S/C10H15N3O3S/c1-7(14)11-10-12-8(6-17-10)4-13(2)5-9(15)16-3/h6H,4-5H2,1-3H3,(H,11,12,14). The first-order valence-electron chi connectivity index (χ1n) is 4.98. The van der Waals surface area contributed by atoms with Crippen molar-refractivity contribution in [3.8, 4) is 0 Å². The van der Waals surface area contributed by atoms with Gasteiger partial charge in [0.1, 0.15) is 0 Å². The molecule has 7 heteroatoms. The monoisotopic (exact) mass is 257 g/mol. The van der Waals surface area contributed by atoms with Crippen LogP contribution in [0.3, 0.4) is 0 Å². The molecule has 6 nitrogen and oxygen atoms in total. The summed E-state index contributed by atoms with van der Waals surface area (Å²) in [6.07, 6.45) is 0. The second-order valence-electron chi connectivity index (χ2n) is 3.57. The fraction of sp³-hybridized carbons (Fsp3) is 0.500. The average molecular weight is 257 g/mol. The van der Waals surface area contributed by atoms with Crippen molar-refractivity contribution in [3.05, 3.63) is 11.1 Å². The summed E-state index contributed by atoms with van der Waals surface area (Å²) in [5.74, 6) is -0.432. The fourth-order valence-corrected chi connectivity index (χ4v) is 1.95. The van der Waals surface area contributed by atoms with Gasteiger partial charge in [0.25, 0.3) is 0 Å². The lowest BCUT2D eigenvalue weighted by Crippen LogP contribution is -2.26. The van der Waals surface area contributed by atoms with Gasteiger partial charge in [0.15, 0.2) is 5.13 Å². The number of nitrogens with zero attached hydrogens (tertiary/aromatic N) is 2. The van der Waals surface area contributed by atoms with Gasteiger partial charge in [-0.3, -0.25) is 14.5 Å². The molecule has 0 saturated carbocycles. The van der Waals surface area contributed by atoms with Crippen molar-refractivity contribution in [2.24, 2.45) is 0 Å². The maximum Gasteiger partial charge on any atom is 0.319 e. The van der Waals surface area contributed by atoms with Crippen molar-refractivity contribution in [3.63, 3.8) is 0 Å². The topological polar surface area (TPSA) is 71.5 Å². The van der Waals surface area contributed by atoms with Crippen LogP contribution in [0.2, 0.25) is 0 Å². The molecular weight excluding hydrogens is 242 g/mol. The highest BCUT2D eigenvalue weighted by atomic mass is 32.1. The first-order chi connectivity index (χ1) is 8.01. The molecule has 0 aliphatic carbocycles. The van der Waals surface area contributed by atoms with E-state index in [4.69, 9.17) is 0 Å². The zero-order valence-corrected chi connectivity index (χ0v) is 10.8. The molecule has 1 amide bonds. The zero-order chi connectivity index (χ0) is 12.8. The van der Waals surface area contributed by atoms with E-state index in [1.54, 1.807) is 11.9 Å². The molecular formula is C10H15N3O3S. The third-order valence-corrected chi connectivity index (χ3v) is 2.70. The largest absolute Gasteiger partial charge is 0.468 e. The summed E-state index contributed by atoms with van der Waals surface area (Å²) in [6, 6.07) is 0. The van der Waals surface area contributed by atoms with Gasteiger partial charge in [-0.25, -0.2) is 4.98 Å². The van der Waals surface area contributed by atoms with Gasteiger partial charge in [0.2, 0.25) is 5.91 Å². The van der Waals surface area contributed by atoms with Crippen LogP contribution in [0, 0.1) is 0 Å². The second kappa shape index (κ2) is 6.31. The number of likely N-dealkylation sites (N-methyl/N-ethyl adjacent to an activating group) is 1. The molecule has 0 aliphatic rings. The van der Waals surface area contributed by atoms with Crippen LogP contribution in [0.4, 0.5) is 5.13 Å². The van der Waals surface area contributed by atoms with Gasteiger partial charge >= 0.3 is 5.97 Å². The van der Waals surface area contributed by atoms with Gasteiger partial charge in [0, 0.05) is 18.8 Å². The summed E-state index contributed by atoms with van der Waals surface area (Å²) in [5.41, 5.74) is 0.810. The number of rotatable bonds is 5. The lowest BCUT2D eigenvalue weighted by Gasteiger charge is -2.12. The van der Waals surface area contributed by atoms with Crippen LogP contribution in [-0.4, -0.2) is 42.5 Å². The van der Waals surface area contributed by atoms with Crippen molar-refractivity contribution in [1.82, 2.24) is 9.88 Å². The molecule has 1 N–H and O–H groups in total. The van der Waals surface area contributed by atoms with E-state index in [1.165, 1.54) is 25.4 Å². The van der Waals surface area contributed by atoms with E-state index in [9.17, 15) is 9.59 Å². The van der Waals surface area contributed by atoms with E-state index in [0.717, 1.165) is 5.69 Å². The Kier molecular flexibility index (Phi) is 5.05. The van der Waals surface area contributed by atoms with Gasteiger partial charge in [-0.1, -0.05) is 0 Å².